The molecule has 0 saturated carbocycles. The summed E-state index contributed by atoms with van der Waals surface area (Å²) in [6, 6.07) is 7.98. The molecule has 1 aromatic rings. The predicted octanol–water partition coefficient (Wildman–Crippen LogP) is 1.61. The van der Waals surface area contributed by atoms with Crippen molar-refractivity contribution in [3.63, 3.8) is 0 Å². The molecule has 19 heavy (non-hydrogen) atoms. The lowest BCUT2D eigenvalue weighted by molar-refractivity contribution is 0.340. The second kappa shape index (κ2) is 6.39. The Kier molecular flexibility index (Phi) is 4.82. The summed E-state index contributed by atoms with van der Waals surface area (Å²) >= 11 is 0. The molecule has 0 aromatic heterocycles. The Morgan fingerprint density at radius 1 is 1.32 bits per heavy atom. The number of nitrogens with one attached hydrogen (secondary N) is 1. The normalized spacial score (nSPS) is 21.4. The summed E-state index contributed by atoms with van der Waals surface area (Å²) in [5.41, 5.74) is 1.18. The molecule has 0 radical (unpaired) electrons. The molecule has 1 fully saturated rings. The van der Waals surface area contributed by atoms with Gasteiger partial charge < -0.3 is 10.1 Å². The number of benzene rings is 1. The molecule has 1 atom stereocenters. The smallest absolute Gasteiger partial charge is 0.150 e. The Labute approximate surface area is 115 Å². The first-order chi connectivity index (χ1) is 9.09. The average Bonchev–Trinajstić information content (AvgIpc) is 2.72. The van der Waals surface area contributed by atoms with E-state index in [0.29, 0.717) is 18.1 Å². The predicted molar refractivity (Wildman–Crippen MR) is 76.1 cm³/mol. The fourth-order valence-electron chi connectivity index (χ4n) is 2.32. The molecular weight excluding hydrogens is 262 g/mol. The number of rotatable bonds is 6. The lowest BCUT2D eigenvalue weighted by Gasteiger charge is -2.10. The summed E-state index contributed by atoms with van der Waals surface area (Å²) in [5.74, 6) is 1.84. The van der Waals surface area contributed by atoms with E-state index in [-0.39, 0.29) is 5.92 Å². The molecule has 106 valence electrons. The van der Waals surface area contributed by atoms with Crippen molar-refractivity contribution in [2.24, 2.45) is 5.92 Å². The van der Waals surface area contributed by atoms with Crippen LogP contribution in [0.3, 0.4) is 0 Å². The maximum absolute atomic E-state index is 11.3. The van der Waals surface area contributed by atoms with E-state index >= 15 is 0 Å². The molecule has 1 aromatic carbocycles. The molecule has 1 unspecified atom stereocenters. The zero-order valence-corrected chi connectivity index (χ0v) is 12.1. The third-order valence-electron chi connectivity index (χ3n) is 3.32. The monoisotopic (exact) mass is 283 g/mol. The molecule has 0 amide bonds. The van der Waals surface area contributed by atoms with Crippen molar-refractivity contribution in [1.82, 2.24) is 5.32 Å². The van der Waals surface area contributed by atoms with Crippen LogP contribution < -0.4 is 10.1 Å². The number of sulfone groups is 1. The lowest BCUT2D eigenvalue weighted by Crippen LogP contribution is -2.23. The number of hydrogen-bond donors (Lipinski definition) is 1. The standard InChI is InChI=1S/C14H21NO3S/c1-2-18-14-5-3-12(4-6-14)9-15-10-13-7-8-19(16,17)11-13/h3-6,13,15H,2,7-11H2,1H3. The zero-order chi connectivity index (χ0) is 13.7. The molecule has 1 saturated heterocycles. The van der Waals surface area contributed by atoms with E-state index in [1.54, 1.807) is 0 Å². The average molecular weight is 283 g/mol. The van der Waals surface area contributed by atoms with Crippen molar-refractivity contribution in [3.8, 4) is 5.75 Å². The Morgan fingerprint density at radius 2 is 2.05 bits per heavy atom. The molecule has 5 heteroatoms. The highest BCUT2D eigenvalue weighted by Crippen LogP contribution is 2.17. The number of hydrogen-bond acceptors (Lipinski definition) is 4. The molecule has 1 N–H and O–H groups in total. The SMILES string of the molecule is CCOc1ccc(CNCC2CCS(=O)(=O)C2)cc1. The minimum absolute atomic E-state index is 0.271. The van der Waals surface area contributed by atoms with Gasteiger partial charge in [0.25, 0.3) is 0 Å². The van der Waals surface area contributed by atoms with Crippen LogP contribution in [-0.2, 0) is 16.4 Å². The van der Waals surface area contributed by atoms with Crippen LogP contribution in [0.4, 0.5) is 0 Å². The Morgan fingerprint density at radius 3 is 2.63 bits per heavy atom. The molecule has 0 aliphatic carbocycles. The van der Waals surface area contributed by atoms with Gasteiger partial charge in [0.15, 0.2) is 9.84 Å². The van der Waals surface area contributed by atoms with Crippen molar-refractivity contribution >= 4 is 9.84 Å². The molecule has 2 rings (SSSR count). The van der Waals surface area contributed by atoms with E-state index in [2.05, 4.69) is 5.32 Å². The molecule has 0 spiro atoms. The van der Waals surface area contributed by atoms with Gasteiger partial charge in [0.2, 0.25) is 0 Å². The highest BCUT2D eigenvalue weighted by atomic mass is 32.2. The van der Waals surface area contributed by atoms with Gasteiger partial charge in [-0.15, -0.1) is 0 Å². The topological polar surface area (TPSA) is 55.4 Å². The highest BCUT2D eigenvalue weighted by molar-refractivity contribution is 7.91. The molecule has 0 bridgehead atoms. The van der Waals surface area contributed by atoms with E-state index in [9.17, 15) is 8.42 Å². The van der Waals surface area contributed by atoms with Gasteiger partial charge in [0.1, 0.15) is 5.75 Å². The van der Waals surface area contributed by atoms with E-state index in [1.165, 1.54) is 5.56 Å². The van der Waals surface area contributed by atoms with Gasteiger partial charge in [-0.2, -0.15) is 0 Å². The van der Waals surface area contributed by atoms with Crippen molar-refractivity contribution < 1.29 is 13.2 Å². The molecule has 1 aliphatic rings. The van der Waals surface area contributed by atoms with Crippen LogP contribution >= 0.6 is 0 Å². The second-order valence-electron chi connectivity index (χ2n) is 4.98. The Hall–Kier alpha value is -1.07. The van der Waals surface area contributed by atoms with Gasteiger partial charge in [0.05, 0.1) is 18.1 Å². The third-order valence-corrected chi connectivity index (χ3v) is 5.16. The van der Waals surface area contributed by atoms with Gasteiger partial charge in [-0.05, 0) is 43.5 Å². The van der Waals surface area contributed by atoms with Crippen LogP contribution in [0.2, 0.25) is 0 Å². The van der Waals surface area contributed by atoms with Gasteiger partial charge in [-0.3, -0.25) is 0 Å². The summed E-state index contributed by atoms with van der Waals surface area (Å²) in [4.78, 5) is 0. The highest BCUT2D eigenvalue weighted by Gasteiger charge is 2.27. The summed E-state index contributed by atoms with van der Waals surface area (Å²) in [6.45, 7) is 4.17. The summed E-state index contributed by atoms with van der Waals surface area (Å²) < 4.78 is 28.0. The van der Waals surface area contributed by atoms with Crippen molar-refractivity contribution in [2.45, 2.75) is 19.9 Å². The van der Waals surface area contributed by atoms with Crippen LogP contribution in [0.15, 0.2) is 24.3 Å². The van der Waals surface area contributed by atoms with Crippen LogP contribution in [0.25, 0.3) is 0 Å². The van der Waals surface area contributed by atoms with Crippen molar-refractivity contribution in [2.75, 3.05) is 24.7 Å². The second-order valence-corrected chi connectivity index (χ2v) is 7.21. The minimum Gasteiger partial charge on any atom is -0.494 e. The van der Waals surface area contributed by atoms with E-state index < -0.39 is 9.84 Å². The summed E-state index contributed by atoms with van der Waals surface area (Å²) in [5, 5.41) is 3.33. The molecule has 1 aliphatic heterocycles. The lowest BCUT2D eigenvalue weighted by atomic mass is 10.1. The van der Waals surface area contributed by atoms with Crippen LogP contribution in [0, 0.1) is 5.92 Å². The molecule has 1 heterocycles. The minimum atomic E-state index is -2.76. The van der Waals surface area contributed by atoms with Crippen LogP contribution in [-0.4, -0.2) is 33.1 Å². The molecular formula is C14H21NO3S. The van der Waals surface area contributed by atoms with Gasteiger partial charge >= 0.3 is 0 Å². The van der Waals surface area contributed by atoms with Crippen LogP contribution in [0.5, 0.6) is 5.75 Å². The van der Waals surface area contributed by atoms with Gasteiger partial charge in [-0.25, -0.2) is 8.42 Å². The molecule has 4 nitrogen and oxygen atoms in total. The largest absolute Gasteiger partial charge is 0.494 e. The first-order valence-electron chi connectivity index (χ1n) is 6.72. The Balaban J connectivity index is 1.74. The quantitative estimate of drug-likeness (QED) is 0.862. The summed E-state index contributed by atoms with van der Waals surface area (Å²) in [6.07, 6.45) is 0.790. The maximum Gasteiger partial charge on any atom is 0.150 e. The Bertz CT molecular complexity index is 496. The van der Waals surface area contributed by atoms with Crippen LogP contribution in [0.1, 0.15) is 18.9 Å². The van der Waals surface area contributed by atoms with E-state index in [0.717, 1.165) is 25.3 Å². The van der Waals surface area contributed by atoms with E-state index in [4.69, 9.17) is 4.74 Å². The first kappa shape index (κ1) is 14.3. The fourth-order valence-corrected chi connectivity index (χ4v) is 4.19. The van der Waals surface area contributed by atoms with Crippen molar-refractivity contribution in [1.29, 1.82) is 0 Å². The van der Waals surface area contributed by atoms with Crippen molar-refractivity contribution in [3.05, 3.63) is 29.8 Å². The fraction of sp³-hybridized carbons (Fsp3) is 0.571. The maximum atomic E-state index is 11.3. The zero-order valence-electron chi connectivity index (χ0n) is 11.3. The van der Waals surface area contributed by atoms with Gasteiger partial charge in [-0.1, -0.05) is 12.1 Å². The number of ether oxygens (including phenoxy) is 1. The van der Waals surface area contributed by atoms with E-state index in [1.807, 2.05) is 31.2 Å². The van der Waals surface area contributed by atoms with Gasteiger partial charge in [0, 0.05) is 6.54 Å². The third kappa shape index (κ3) is 4.51. The summed E-state index contributed by atoms with van der Waals surface area (Å²) in [7, 11) is -2.76. The first-order valence-corrected chi connectivity index (χ1v) is 8.54.